The molecule has 0 fully saturated rings. The molecular weight excluding hydrogens is 182 g/mol. The Bertz CT molecular complexity index is 276. The Balaban J connectivity index is 0.00000121. The van der Waals surface area contributed by atoms with Crippen LogP contribution in [0, 0.1) is 5.41 Å². The number of nitrogens with one attached hydrogen (secondary N) is 1. The van der Waals surface area contributed by atoms with Crippen molar-refractivity contribution in [1.29, 1.82) is 5.41 Å². The van der Waals surface area contributed by atoms with Crippen LogP contribution in [-0.4, -0.2) is 26.7 Å². The number of hydrogen-bond acceptors (Lipinski definition) is 3. The lowest BCUT2D eigenvalue weighted by Crippen LogP contribution is -2.25. The highest BCUT2D eigenvalue weighted by atomic mass is 35.5. The Morgan fingerprint density at radius 2 is 2.17 bits per heavy atom. The first-order chi connectivity index (χ1) is 5.20. The second-order valence-electron chi connectivity index (χ2n) is 1.70. The van der Waals surface area contributed by atoms with E-state index in [0.29, 0.717) is 0 Å². The molecule has 0 bridgehead atoms. The van der Waals surface area contributed by atoms with Gasteiger partial charge < -0.3 is 11.5 Å². The normalized spacial score (nSPS) is 10.5. The van der Waals surface area contributed by atoms with Gasteiger partial charge in [-0.25, -0.2) is 4.98 Å². The van der Waals surface area contributed by atoms with Gasteiger partial charge in [-0.15, -0.1) is 12.4 Å². The second-order valence-corrected chi connectivity index (χ2v) is 1.70. The Labute approximate surface area is 74.4 Å². The third kappa shape index (κ3) is 2.54. The van der Waals surface area contributed by atoms with Crippen molar-refractivity contribution in [3.63, 3.8) is 0 Å². The van der Waals surface area contributed by atoms with Crippen LogP contribution in [0.15, 0.2) is 17.6 Å². The van der Waals surface area contributed by atoms with Crippen molar-refractivity contribution >= 4 is 24.3 Å². The fourth-order valence-corrected chi connectivity index (χ4v) is 0.501. The van der Waals surface area contributed by atoms with Crippen LogP contribution in [0.4, 0.5) is 0 Å². The predicted molar refractivity (Wildman–Crippen MR) is 46.2 cm³/mol. The highest BCUT2D eigenvalue weighted by molar-refractivity contribution is 5.92. The van der Waals surface area contributed by atoms with Gasteiger partial charge >= 0.3 is 0 Å². The Morgan fingerprint density at radius 3 is 2.58 bits per heavy atom. The quantitative estimate of drug-likeness (QED) is 0.349. The molecule has 0 aromatic carbocycles. The number of guanidine groups is 1. The molecule has 66 valence electrons. The van der Waals surface area contributed by atoms with E-state index >= 15 is 0 Å². The van der Waals surface area contributed by atoms with E-state index in [-0.39, 0.29) is 24.3 Å². The van der Waals surface area contributed by atoms with Crippen LogP contribution in [0.5, 0.6) is 0 Å². The SMILES string of the molecule is Cl.N=C(N)N=C(N)n1cncn1. The van der Waals surface area contributed by atoms with Crippen LogP contribution >= 0.6 is 12.4 Å². The maximum absolute atomic E-state index is 6.78. The molecule has 0 aliphatic rings. The van der Waals surface area contributed by atoms with Crippen molar-refractivity contribution in [1.82, 2.24) is 14.8 Å². The molecule has 1 rings (SSSR count). The molecule has 0 unspecified atom stereocenters. The van der Waals surface area contributed by atoms with Crippen molar-refractivity contribution in [3.05, 3.63) is 12.7 Å². The molecular formula is C4H8ClN7. The summed E-state index contributed by atoms with van der Waals surface area (Å²) in [6.45, 7) is 0. The first-order valence-electron chi connectivity index (χ1n) is 2.73. The zero-order chi connectivity index (χ0) is 8.27. The van der Waals surface area contributed by atoms with Gasteiger partial charge in [0.1, 0.15) is 12.7 Å². The molecule has 1 aromatic rings. The highest BCUT2D eigenvalue weighted by Gasteiger charge is 1.95. The van der Waals surface area contributed by atoms with E-state index in [1.165, 1.54) is 17.3 Å². The minimum atomic E-state index is -0.363. The fourth-order valence-electron chi connectivity index (χ4n) is 0.501. The standard InChI is InChI=1S/C4H7N7.ClH/c5-3(6)10-4(7)11-2-8-1-9-11;/h1-2H,(H5,5,6,7,10);1H. The Morgan fingerprint density at radius 1 is 1.50 bits per heavy atom. The van der Waals surface area contributed by atoms with E-state index < -0.39 is 0 Å². The average Bonchev–Trinajstić information content (AvgIpc) is 2.35. The van der Waals surface area contributed by atoms with Crippen molar-refractivity contribution < 1.29 is 0 Å². The van der Waals surface area contributed by atoms with Crippen LogP contribution in [0.3, 0.4) is 0 Å². The molecule has 0 atom stereocenters. The lowest BCUT2D eigenvalue weighted by molar-refractivity contribution is 0.920. The minimum Gasteiger partial charge on any atom is -0.368 e. The van der Waals surface area contributed by atoms with Gasteiger partial charge in [0.05, 0.1) is 0 Å². The zero-order valence-corrected chi connectivity index (χ0v) is 6.82. The van der Waals surface area contributed by atoms with Crippen LogP contribution in [0.25, 0.3) is 0 Å². The summed E-state index contributed by atoms with van der Waals surface area (Å²) in [4.78, 5) is 7.07. The molecule has 12 heavy (non-hydrogen) atoms. The number of rotatable bonds is 0. The van der Waals surface area contributed by atoms with Gasteiger partial charge in [0.2, 0.25) is 11.9 Å². The minimum absolute atomic E-state index is 0. The van der Waals surface area contributed by atoms with E-state index in [9.17, 15) is 0 Å². The smallest absolute Gasteiger partial charge is 0.225 e. The molecule has 0 aliphatic carbocycles. The summed E-state index contributed by atoms with van der Waals surface area (Å²) in [6.07, 6.45) is 2.67. The molecule has 1 heterocycles. The van der Waals surface area contributed by atoms with Crippen LogP contribution < -0.4 is 11.5 Å². The summed E-state index contributed by atoms with van der Waals surface area (Å²) in [7, 11) is 0. The Hall–Kier alpha value is -1.63. The molecule has 8 heteroatoms. The summed E-state index contributed by atoms with van der Waals surface area (Å²) in [5, 5.41) is 10.4. The first-order valence-corrected chi connectivity index (χ1v) is 2.73. The number of hydrogen-bond donors (Lipinski definition) is 3. The van der Waals surface area contributed by atoms with Gasteiger partial charge in [0.15, 0.2) is 0 Å². The summed E-state index contributed by atoms with van der Waals surface area (Å²) >= 11 is 0. The molecule has 0 saturated heterocycles. The van der Waals surface area contributed by atoms with Crippen molar-refractivity contribution in [2.24, 2.45) is 16.5 Å². The van der Waals surface area contributed by atoms with Gasteiger partial charge in [-0.3, -0.25) is 5.41 Å². The van der Waals surface area contributed by atoms with E-state index in [2.05, 4.69) is 15.1 Å². The van der Waals surface area contributed by atoms with E-state index in [4.69, 9.17) is 16.9 Å². The van der Waals surface area contributed by atoms with Crippen LogP contribution in [0.1, 0.15) is 0 Å². The lowest BCUT2D eigenvalue weighted by Gasteiger charge is -1.95. The molecule has 0 spiro atoms. The van der Waals surface area contributed by atoms with Gasteiger partial charge in [-0.05, 0) is 0 Å². The van der Waals surface area contributed by atoms with Crippen molar-refractivity contribution in [3.8, 4) is 0 Å². The molecule has 5 N–H and O–H groups in total. The Kier molecular flexibility index (Phi) is 3.71. The van der Waals surface area contributed by atoms with Crippen LogP contribution in [-0.2, 0) is 0 Å². The van der Waals surface area contributed by atoms with E-state index in [1.807, 2.05) is 0 Å². The summed E-state index contributed by atoms with van der Waals surface area (Å²) in [5.74, 6) is -0.340. The largest absolute Gasteiger partial charge is 0.368 e. The molecule has 0 amide bonds. The van der Waals surface area contributed by atoms with Crippen molar-refractivity contribution in [2.45, 2.75) is 0 Å². The zero-order valence-electron chi connectivity index (χ0n) is 6.01. The predicted octanol–water partition coefficient (Wildman–Crippen LogP) is -1.24. The molecule has 0 aliphatic heterocycles. The summed E-state index contributed by atoms with van der Waals surface area (Å²) in [5.41, 5.74) is 10.3. The first kappa shape index (κ1) is 10.4. The topological polar surface area (TPSA) is 119 Å². The third-order valence-electron chi connectivity index (χ3n) is 0.888. The average molecular weight is 190 g/mol. The van der Waals surface area contributed by atoms with Crippen molar-refractivity contribution in [2.75, 3.05) is 0 Å². The fraction of sp³-hybridized carbons (Fsp3) is 0. The third-order valence-corrected chi connectivity index (χ3v) is 0.888. The van der Waals surface area contributed by atoms with Gasteiger partial charge in [0.25, 0.3) is 0 Å². The van der Waals surface area contributed by atoms with Gasteiger partial charge in [-0.2, -0.15) is 14.8 Å². The van der Waals surface area contributed by atoms with Crippen LogP contribution in [0.2, 0.25) is 0 Å². The van der Waals surface area contributed by atoms with Gasteiger partial charge in [-0.1, -0.05) is 0 Å². The monoisotopic (exact) mass is 189 g/mol. The molecule has 0 saturated carbocycles. The molecule has 1 aromatic heterocycles. The summed E-state index contributed by atoms with van der Waals surface area (Å²) < 4.78 is 1.21. The van der Waals surface area contributed by atoms with E-state index in [1.54, 1.807) is 0 Å². The van der Waals surface area contributed by atoms with E-state index in [0.717, 1.165) is 0 Å². The second kappa shape index (κ2) is 4.29. The van der Waals surface area contributed by atoms with Gasteiger partial charge in [0, 0.05) is 0 Å². The number of aliphatic imine (C=N–C) groups is 1. The molecule has 7 nitrogen and oxygen atoms in total. The number of aromatic nitrogens is 3. The highest BCUT2D eigenvalue weighted by Crippen LogP contribution is 1.76. The molecule has 0 radical (unpaired) electrons. The maximum Gasteiger partial charge on any atom is 0.225 e. The number of nitrogens with zero attached hydrogens (tertiary/aromatic N) is 4. The lowest BCUT2D eigenvalue weighted by atomic mass is 10.9. The number of halogens is 1. The number of nitrogens with two attached hydrogens (primary N) is 2. The summed E-state index contributed by atoms with van der Waals surface area (Å²) in [6, 6.07) is 0. The maximum atomic E-state index is 6.78.